The van der Waals surface area contributed by atoms with Crippen molar-refractivity contribution in [1.29, 1.82) is 0 Å². The fourth-order valence-electron chi connectivity index (χ4n) is 2.90. The quantitative estimate of drug-likeness (QED) is 0.915. The van der Waals surface area contributed by atoms with Crippen LogP contribution in [0.25, 0.3) is 0 Å². The van der Waals surface area contributed by atoms with Crippen LogP contribution < -0.4 is 5.73 Å². The van der Waals surface area contributed by atoms with Gasteiger partial charge in [-0.15, -0.1) is 0 Å². The summed E-state index contributed by atoms with van der Waals surface area (Å²) >= 11 is 0. The Balaban J connectivity index is 2.16. The lowest BCUT2D eigenvalue weighted by molar-refractivity contribution is 0.400. The van der Waals surface area contributed by atoms with Crippen molar-refractivity contribution < 1.29 is 8.42 Å². The number of nitrogen functional groups attached to an aromatic ring is 1. The van der Waals surface area contributed by atoms with Gasteiger partial charge >= 0.3 is 0 Å². The third kappa shape index (κ3) is 3.15. The zero-order valence-corrected chi connectivity index (χ0v) is 13.1. The molecule has 0 aliphatic carbocycles. The lowest BCUT2D eigenvalue weighted by Crippen LogP contribution is -2.32. The molecule has 20 heavy (non-hydrogen) atoms. The molecule has 1 aromatic heterocycles. The Labute approximate surface area is 121 Å². The molecule has 1 atom stereocenters. The minimum atomic E-state index is -3.51. The highest BCUT2D eigenvalue weighted by Gasteiger charge is 2.30. The van der Waals surface area contributed by atoms with E-state index in [1.54, 1.807) is 11.4 Å². The van der Waals surface area contributed by atoms with Crippen molar-refractivity contribution in [1.82, 2.24) is 14.1 Å². The van der Waals surface area contributed by atoms with Crippen LogP contribution in [0.5, 0.6) is 0 Å². The maximum absolute atomic E-state index is 12.6. The molecule has 0 bridgehead atoms. The number of aromatic nitrogens is 2. The van der Waals surface area contributed by atoms with E-state index in [1.165, 1.54) is 17.3 Å². The minimum absolute atomic E-state index is 0.0851. The van der Waals surface area contributed by atoms with E-state index in [0.29, 0.717) is 19.0 Å². The second-order valence-corrected chi connectivity index (χ2v) is 7.45. The van der Waals surface area contributed by atoms with Crippen LogP contribution in [-0.2, 0) is 17.1 Å². The smallest absolute Gasteiger partial charge is 0.248 e. The van der Waals surface area contributed by atoms with Gasteiger partial charge in [-0.1, -0.05) is 19.8 Å². The Morgan fingerprint density at radius 3 is 2.75 bits per heavy atom. The van der Waals surface area contributed by atoms with E-state index < -0.39 is 10.0 Å². The Bertz CT molecular complexity index is 553. The van der Waals surface area contributed by atoms with Gasteiger partial charge in [0.2, 0.25) is 10.0 Å². The summed E-state index contributed by atoms with van der Waals surface area (Å²) in [6.45, 7) is 3.34. The second kappa shape index (κ2) is 6.13. The Morgan fingerprint density at radius 1 is 1.40 bits per heavy atom. The van der Waals surface area contributed by atoms with Gasteiger partial charge in [-0.25, -0.2) is 8.42 Å². The van der Waals surface area contributed by atoms with Crippen molar-refractivity contribution in [3.8, 4) is 0 Å². The molecule has 0 spiro atoms. The normalized spacial score (nSPS) is 21.8. The molecule has 0 saturated carbocycles. The van der Waals surface area contributed by atoms with Crippen molar-refractivity contribution >= 4 is 15.8 Å². The molecule has 114 valence electrons. The molecule has 1 saturated heterocycles. The molecule has 0 aromatic carbocycles. The monoisotopic (exact) mass is 300 g/mol. The molecule has 6 nitrogen and oxygen atoms in total. The largest absolute Gasteiger partial charge is 0.381 e. The maximum Gasteiger partial charge on any atom is 0.248 e. The van der Waals surface area contributed by atoms with Crippen LogP contribution in [-0.4, -0.2) is 35.6 Å². The van der Waals surface area contributed by atoms with Gasteiger partial charge < -0.3 is 5.73 Å². The van der Waals surface area contributed by atoms with E-state index in [4.69, 9.17) is 5.73 Å². The first kappa shape index (κ1) is 15.3. The van der Waals surface area contributed by atoms with Crippen LogP contribution in [0.15, 0.2) is 11.1 Å². The fourth-order valence-corrected chi connectivity index (χ4v) is 4.48. The van der Waals surface area contributed by atoms with Crippen molar-refractivity contribution in [2.24, 2.45) is 13.0 Å². The summed E-state index contributed by atoms with van der Waals surface area (Å²) in [5.41, 5.74) is 5.71. The number of aryl methyl sites for hydroxylation is 1. The van der Waals surface area contributed by atoms with Gasteiger partial charge in [0.1, 0.15) is 4.90 Å². The minimum Gasteiger partial charge on any atom is -0.381 e. The molecule has 0 amide bonds. The van der Waals surface area contributed by atoms with Crippen LogP contribution in [0.4, 0.5) is 5.82 Å². The number of anilines is 1. The summed E-state index contributed by atoms with van der Waals surface area (Å²) in [6, 6.07) is 0. The molecule has 7 heteroatoms. The first-order valence-electron chi connectivity index (χ1n) is 7.24. The van der Waals surface area contributed by atoms with Crippen molar-refractivity contribution in [2.75, 3.05) is 18.8 Å². The molecule has 1 aromatic rings. The molecule has 1 aliphatic rings. The predicted octanol–water partition coefficient (Wildman–Crippen LogP) is 1.59. The molecule has 2 rings (SSSR count). The van der Waals surface area contributed by atoms with Crippen molar-refractivity contribution in [3.63, 3.8) is 0 Å². The SMILES string of the molecule is CCCC1CCCN(S(=O)(=O)c2cn(C)nc2N)CC1. The van der Waals surface area contributed by atoms with E-state index in [9.17, 15) is 8.42 Å². The van der Waals surface area contributed by atoms with Crippen LogP contribution >= 0.6 is 0 Å². The van der Waals surface area contributed by atoms with Crippen LogP contribution in [0.3, 0.4) is 0 Å². The Hall–Kier alpha value is -1.08. The second-order valence-electron chi connectivity index (χ2n) is 5.54. The van der Waals surface area contributed by atoms with Crippen LogP contribution in [0, 0.1) is 5.92 Å². The van der Waals surface area contributed by atoms with Gasteiger partial charge in [-0.2, -0.15) is 9.40 Å². The van der Waals surface area contributed by atoms with E-state index in [2.05, 4.69) is 12.0 Å². The zero-order valence-electron chi connectivity index (χ0n) is 12.2. The lowest BCUT2D eigenvalue weighted by Gasteiger charge is -2.19. The van der Waals surface area contributed by atoms with E-state index in [0.717, 1.165) is 25.7 Å². The lowest BCUT2D eigenvalue weighted by atomic mass is 9.96. The zero-order chi connectivity index (χ0) is 14.8. The van der Waals surface area contributed by atoms with E-state index >= 15 is 0 Å². The fraction of sp³-hybridized carbons (Fsp3) is 0.769. The molecule has 2 N–H and O–H groups in total. The van der Waals surface area contributed by atoms with Crippen LogP contribution in [0.1, 0.15) is 39.0 Å². The highest BCUT2D eigenvalue weighted by atomic mass is 32.2. The highest BCUT2D eigenvalue weighted by molar-refractivity contribution is 7.89. The number of nitrogens with zero attached hydrogens (tertiary/aromatic N) is 3. The van der Waals surface area contributed by atoms with Gasteiger partial charge in [-0.3, -0.25) is 4.68 Å². The molecule has 1 fully saturated rings. The molecule has 1 unspecified atom stereocenters. The molecule has 1 aliphatic heterocycles. The van der Waals surface area contributed by atoms with Crippen molar-refractivity contribution in [3.05, 3.63) is 6.20 Å². The summed E-state index contributed by atoms with van der Waals surface area (Å²) in [5.74, 6) is 0.730. The predicted molar refractivity (Wildman–Crippen MR) is 78.6 cm³/mol. The summed E-state index contributed by atoms with van der Waals surface area (Å²) in [5, 5.41) is 3.93. The van der Waals surface area contributed by atoms with Gasteiger partial charge in [0, 0.05) is 26.3 Å². The first-order chi connectivity index (χ1) is 9.45. The molecular weight excluding hydrogens is 276 g/mol. The first-order valence-corrected chi connectivity index (χ1v) is 8.68. The number of rotatable bonds is 4. The van der Waals surface area contributed by atoms with Gasteiger partial charge in [0.15, 0.2) is 5.82 Å². The van der Waals surface area contributed by atoms with Gasteiger partial charge in [0.25, 0.3) is 0 Å². The summed E-state index contributed by atoms with van der Waals surface area (Å²) in [7, 11) is -1.83. The summed E-state index contributed by atoms with van der Waals surface area (Å²) in [4.78, 5) is 0.133. The Kier molecular flexibility index (Phi) is 4.70. The van der Waals surface area contributed by atoms with E-state index in [-0.39, 0.29) is 10.7 Å². The average molecular weight is 300 g/mol. The van der Waals surface area contributed by atoms with E-state index in [1.807, 2.05) is 0 Å². The molecule has 2 heterocycles. The van der Waals surface area contributed by atoms with Crippen LogP contribution in [0.2, 0.25) is 0 Å². The van der Waals surface area contributed by atoms with Gasteiger partial charge in [0.05, 0.1) is 0 Å². The topological polar surface area (TPSA) is 81.2 Å². The number of hydrogen-bond acceptors (Lipinski definition) is 4. The average Bonchev–Trinajstić information content (AvgIpc) is 2.61. The maximum atomic E-state index is 12.6. The number of hydrogen-bond donors (Lipinski definition) is 1. The third-order valence-electron chi connectivity index (χ3n) is 3.94. The molecule has 0 radical (unpaired) electrons. The summed E-state index contributed by atoms with van der Waals surface area (Å²) in [6.07, 6.45) is 6.80. The highest BCUT2D eigenvalue weighted by Crippen LogP contribution is 2.27. The number of nitrogens with two attached hydrogens (primary N) is 1. The van der Waals surface area contributed by atoms with Gasteiger partial charge in [-0.05, 0) is 25.2 Å². The number of sulfonamides is 1. The third-order valence-corrected chi connectivity index (χ3v) is 5.86. The van der Waals surface area contributed by atoms with Crippen molar-refractivity contribution in [2.45, 2.75) is 43.9 Å². The molecular formula is C13H24N4O2S. The summed E-state index contributed by atoms with van der Waals surface area (Å²) < 4.78 is 28.3. The Morgan fingerprint density at radius 2 is 2.15 bits per heavy atom. The standard InChI is InChI=1S/C13H24N4O2S/c1-3-5-11-6-4-8-17(9-7-11)20(18,19)12-10-16(2)15-13(12)14/h10-11H,3-9H2,1-2H3,(H2,14,15).